The van der Waals surface area contributed by atoms with Crippen LogP contribution in [0.25, 0.3) is 10.9 Å². The van der Waals surface area contributed by atoms with Crippen LogP contribution in [0.4, 0.5) is 0 Å². The Balaban J connectivity index is 1.66. The van der Waals surface area contributed by atoms with E-state index < -0.39 is 89.2 Å². The number of fused-ring (bicyclic) bond motifs is 3. The molecule has 5 N–H and O–H groups in total. The number of piperidine rings is 1. The number of hydrogen-bond donors (Lipinski definition) is 5. The molecule has 2 aliphatic rings. The number of likely N-dealkylation sites (N-methyl/N-ethyl adjacent to an activating group) is 2. The molecule has 3 heterocycles. The van der Waals surface area contributed by atoms with Crippen molar-refractivity contribution in [2.24, 2.45) is 11.8 Å². The highest BCUT2D eigenvalue weighted by molar-refractivity contribution is 5.99. The predicted octanol–water partition coefficient (Wildman–Crippen LogP) is 4.95. The zero-order chi connectivity index (χ0) is 50.9. The zero-order valence-corrected chi connectivity index (χ0v) is 42.3. The Hall–Kier alpha value is -6.19. The Kier molecular flexibility index (Phi) is 18.2. The van der Waals surface area contributed by atoms with Crippen LogP contribution in [0, 0.1) is 11.8 Å². The van der Waals surface area contributed by atoms with Crippen LogP contribution in [0.2, 0.25) is 0 Å². The summed E-state index contributed by atoms with van der Waals surface area (Å²) < 4.78 is 2.07. The van der Waals surface area contributed by atoms with Gasteiger partial charge in [-0.05, 0) is 94.0 Å². The lowest BCUT2D eigenvalue weighted by Crippen LogP contribution is -2.62. The minimum absolute atomic E-state index is 0.0114. The van der Waals surface area contributed by atoms with E-state index in [0.29, 0.717) is 31.2 Å². The van der Waals surface area contributed by atoms with Gasteiger partial charge in [0.2, 0.25) is 41.4 Å². The molecule has 0 aliphatic carbocycles. The van der Waals surface area contributed by atoms with Gasteiger partial charge >= 0.3 is 0 Å². The van der Waals surface area contributed by atoms with Gasteiger partial charge in [-0.1, -0.05) is 83.9 Å². The maximum atomic E-state index is 15.3. The number of allylic oxidation sites excluding steroid dienone is 1. The summed E-state index contributed by atoms with van der Waals surface area (Å²) in [6.07, 6.45) is 6.60. The molecule has 2 aliphatic heterocycles. The van der Waals surface area contributed by atoms with E-state index in [-0.39, 0.29) is 56.2 Å². The Morgan fingerprint density at radius 2 is 1.33 bits per heavy atom. The van der Waals surface area contributed by atoms with Crippen LogP contribution in [-0.4, -0.2) is 129 Å². The minimum atomic E-state index is -1.25. The average Bonchev–Trinajstić information content (AvgIpc) is 3.69. The maximum absolute atomic E-state index is 15.3. The van der Waals surface area contributed by atoms with Crippen molar-refractivity contribution in [2.75, 3.05) is 20.6 Å². The fourth-order valence-electron chi connectivity index (χ4n) is 9.46. The van der Waals surface area contributed by atoms with Gasteiger partial charge in [0.15, 0.2) is 0 Å². The number of carbonyl (C=O) groups excluding carboxylic acids is 7. The molecule has 376 valence electrons. The zero-order valence-electron chi connectivity index (χ0n) is 42.3. The summed E-state index contributed by atoms with van der Waals surface area (Å²) in [5, 5.41) is 22.6. The van der Waals surface area contributed by atoms with Crippen LogP contribution in [0.1, 0.15) is 111 Å². The molecule has 69 heavy (non-hydrogen) atoms. The topological polar surface area (TPSA) is 202 Å². The fourth-order valence-corrected chi connectivity index (χ4v) is 9.46. The third kappa shape index (κ3) is 13.1. The summed E-state index contributed by atoms with van der Waals surface area (Å²) in [5.74, 6) is -4.08. The van der Waals surface area contributed by atoms with Gasteiger partial charge < -0.3 is 45.6 Å². The smallest absolute Gasteiger partial charge is 0.246 e. The maximum Gasteiger partial charge on any atom is 0.246 e. The highest BCUT2D eigenvalue weighted by atomic mass is 16.3. The van der Waals surface area contributed by atoms with Gasteiger partial charge in [-0.3, -0.25) is 33.6 Å². The molecule has 0 saturated carbocycles. The lowest BCUT2D eigenvalue weighted by Gasteiger charge is -2.41. The third-order valence-electron chi connectivity index (χ3n) is 13.6. The van der Waals surface area contributed by atoms with Crippen molar-refractivity contribution in [3.05, 3.63) is 78.5 Å². The Labute approximate surface area is 408 Å². The highest BCUT2D eigenvalue weighted by Gasteiger charge is 2.43. The number of unbranched alkanes of at least 4 members (excludes halogenated alkanes) is 1. The number of aromatic hydroxyl groups is 1. The third-order valence-corrected chi connectivity index (χ3v) is 13.6. The van der Waals surface area contributed by atoms with E-state index >= 15 is 4.79 Å². The van der Waals surface area contributed by atoms with E-state index in [1.807, 2.05) is 85.0 Å². The molecule has 0 unspecified atom stereocenters. The molecule has 7 amide bonds. The number of phenolic OH excluding ortho intramolecular Hbond substituents is 1. The van der Waals surface area contributed by atoms with Gasteiger partial charge in [-0.2, -0.15) is 0 Å². The molecular weight excluding hydrogens is 877 g/mol. The first kappa shape index (κ1) is 53.8. The van der Waals surface area contributed by atoms with Crippen molar-refractivity contribution >= 4 is 52.3 Å². The first-order valence-corrected chi connectivity index (χ1v) is 24.6. The summed E-state index contributed by atoms with van der Waals surface area (Å²) >= 11 is 0. The summed E-state index contributed by atoms with van der Waals surface area (Å²) in [7, 11) is 3.01. The summed E-state index contributed by atoms with van der Waals surface area (Å²) in [5.41, 5.74) is 1.72. The van der Waals surface area contributed by atoms with Crippen molar-refractivity contribution in [3.8, 4) is 5.75 Å². The van der Waals surface area contributed by atoms with Crippen LogP contribution in [0.3, 0.4) is 0 Å². The van der Waals surface area contributed by atoms with Crippen molar-refractivity contribution in [1.82, 2.24) is 40.5 Å². The van der Waals surface area contributed by atoms with Crippen molar-refractivity contribution in [3.63, 3.8) is 0 Å². The monoisotopic (exact) mass is 953 g/mol. The number of phenols is 1. The van der Waals surface area contributed by atoms with Crippen molar-refractivity contribution in [1.29, 1.82) is 0 Å². The lowest BCUT2D eigenvalue weighted by molar-refractivity contribution is -0.153. The standard InChI is InChI=1S/C53H76N8O8/c1-12-14-19-39-46(63)57-41(30-36-31-61(53(8,9)13-2)42-20-16-15-18-38(36)42)51(68)59(11)44(27-32(3)4)48(65)56-40(29-35-22-24-37(62)25-23-35)47(64)54-34(7)50(67)58(10)43-21-17-26-60(52(43)69)45(28-33(5)6)49(66)55-39/h13,15-16,18,20,22-25,31-34,39-41,43-45,62H,2,12,14,17,19,21,26-30H2,1,3-11H3,(H,54,64)(H,55,66)(H,56,65)(H,57,63)/t34-,39-,40-,41-,43-,44-,45-/m0/s1. The van der Waals surface area contributed by atoms with E-state index in [2.05, 4.69) is 32.4 Å². The molecule has 2 saturated heterocycles. The fraction of sp³-hybridized carbons (Fsp3) is 0.566. The van der Waals surface area contributed by atoms with Crippen LogP contribution < -0.4 is 21.3 Å². The van der Waals surface area contributed by atoms with E-state index in [9.17, 15) is 33.9 Å². The molecule has 2 aromatic carbocycles. The van der Waals surface area contributed by atoms with Crippen LogP contribution in [-0.2, 0) is 51.9 Å². The highest BCUT2D eigenvalue weighted by Crippen LogP contribution is 2.30. The van der Waals surface area contributed by atoms with Gasteiger partial charge in [-0.15, -0.1) is 6.58 Å². The van der Waals surface area contributed by atoms with Gasteiger partial charge in [0.25, 0.3) is 0 Å². The lowest BCUT2D eigenvalue weighted by atomic mass is 9.95. The number of benzene rings is 2. The molecule has 2 fully saturated rings. The number of rotatable bonds is 13. The van der Waals surface area contributed by atoms with E-state index in [1.165, 1.54) is 47.9 Å². The summed E-state index contributed by atoms with van der Waals surface area (Å²) in [6.45, 7) is 19.6. The Bertz CT molecular complexity index is 2340. The van der Waals surface area contributed by atoms with Gasteiger partial charge in [0.05, 0.1) is 5.54 Å². The van der Waals surface area contributed by atoms with Crippen LogP contribution in [0.5, 0.6) is 5.75 Å². The quantitative estimate of drug-likeness (QED) is 0.148. The molecule has 0 spiro atoms. The van der Waals surface area contributed by atoms with Crippen molar-refractivity contribution < 1.29 is 38.7 Å². The molecular formula is C53H76N8O8. The van der Waals surface area contributed by atoms with Gasteiger partial charge in [0, 0.05) is 50.6 Å². The molecule has 5 rings (SSSR count). The van der Waals surface area contributed by atoms with Crippen LogP contribution >= 0.6 is 0 Å². The van der Waals surface area contributed by atoms with Gasteiger partial charge in [0.1, 0.15) is 48.0 Å². The van der Waals surface area contributed by atoms with Crippen molar-refractivity contribution in [2.45, 2.75) is 161 Å². The number of nitrogens with one attached hydrogen (secondary N) is 4. The average molecular weight is 953 g/mol. The van der Waals surface area contributed by atoms with E-state index in [0.717, 1.165) is 16.5 Å². The molecule has 16 heteroatoms. The van der Waals surface area contributed by atoms with Crippen LogP contribution in [0.15, 0.2) is 67.4 Å². The molecule has 7 atom stereocenters. The Morgan fingerprint density at radius 3 is 1.97 bits per heavy atom. The second-order valence-corrected chi connectivity index (χ2v) is 20.4. The molecule has 16 nitrogen and oxygen atoms in total. The second kappa shape index (κ2) is 23.4. The number of carbonyl (C=O) groups is 7. The molecule has 1 aromatic heterocycles. The summed E-state index contributed by atoms with van der Waals surface area (Å²) in [4.78, 5) is 107. The number of aromatic nitrogens is 1. The first-order chi connectivity index (χ1) is 32.6. The largest absolute Gasteiger partial charge is 0.508 e. The second-order valence-electron chi connectivity index (χ2n) is 20.4. The first-order valence-electron chi connectivity index (χ1n) is 24.6. The number of para-hydroxylation sites is 1. The van der Waals surface area contributed by atoms with E-state index in [1.54, 1.807) is 12.1 Å². The predicted molar refractivity (Wildman–Crippen MR) is 267 cm³/mol. The molecule has 0 radical (unpaired) electrons. The van der Waals surface area contributed by atoms with E-state index in [4.69, 9.17) is 0 Å². The number of nitrogens with zero attached hydrogens (tertiary/aromatic N) is 4. The molecule has 3 aromatic rings. The molecule has 2 bridgehead atoms. The van der Waals surface area contributed by atoms with Gasteiger partial charge in [-0.25, -0.2) is 0 Å². The summed E-state index contributed by atoms with van der Waals surface area (Å²) in [6, 6.07) is 6.22. The Morgan fingerprint density at radius 1 is 0.739 bits per heavy atom. The minimum Gasteiger partial charge on any atom is -0.508 e. The number of amides is 7. The normalized spacial score (nSPS) is 24.3. The SMILES string of the molecule is C=CC(C)(C)n1cc(C[C@@H]2NC(=O)[C@H](CCCC)NC(=O)[C@H](CC(C)C)N3CCC[C@@H](C3=O)N(C)C(=O)[C@H](C)NC(=O)[C@H](Cc3ccc(O)cc3)NC(=O)[C@H](CC(C)C)N(C)C2=O)c2ccccc21. The number of hydrogen-bond acceptors (Lipinski definition) is 8.